The van der Waals surface area contributed by atoms with Gasteiger partial charge in [0.1, 0.15) is 12.4 Å². The van der Waals surface area contributed by atoms with Crippen molar-refractivity contribution in [1.82, 2.24) is 9.97 Å². The van der Waals surface area contributed by atoms with Crippen molar-refractivity contribution in [2.24, 2.45) is 5.84 Å². The van der Waals surface area contributed by atoms with Gasteiger partial charge in [-0.05, 0) is 19.1 Å². The Hall–Kier alpha value is -2.08. The summed E-state index contributed by atoms with van der Waals surface area (Å²) >= 11 is 0. The lowest BCUT2D eigenvalue weighted by atomic mass is 10.4. The number of nitrogens with two attached hydrogens (primary N) is 1. The van der Waals surface area contributed by atoms with E-state index in [9.17, 15) is 0 Å². The third-order valence-electron chi connectivity index (χ3n) is 1.90. The molecule has 0 spiro atoms. The molecule has 84 valence electrons. The summed E-state index contributed by atoms with van der Waals surface area (Å²) in [6.45, 7) is 2.16. The molecule has 2 rings (SSSR count). The molecule has 2 aromatic rings. The number of nitrogens with zero attached hydrogens (tertiary/aromatic N) is 2. The van der Waals surface area contributed by atoms with Crippen molar-refractivity contribution in [1.29, 1.82) is 0 Å². The number of nitrogen functional groups attached to an aromatic ring is 1. The molecule has 0 atom stereocenters. The van der Waals surface area contributed by atoms with Gasteiger partial charge in [-0.15, -0.1) is 0 Å². The van der Waals surface area contributed by atoms with Gasteiger partial charge in [0, 0.05) is 11.8 Å². The summed E-state index contributed by atoms with van der Waals surface area (Å²) in [4.78, 5) is 8.09. The van der Waals surface area contributed by atoms with E-state index in [0.29, 0.717) is 18.4 Å². The maximum Gasteiger partial charge on any atom is 0.240 e. The van der Waals surface area contributed by atoms with Crippen molar-refractivity contribution >= 4 is 5.95 Å². The summed E-state index contributed by atoms with van der Waals surface area (Å²) in [5.41, 5.74) is 3.15. The van der Waals surface area contributed by atoms with Gasteiger partial charge < -0.3 is 9.15 Å². The molecule has 0 aliphatic heterocycles. The van der Waals surface area contributed by atoms with Crippen LogP contribution in [0.5, 0.6) is 5.88 Å². The Morgan fingerprint density at radius 3 is 3.06 bits per heavy atom. The van der Waals surface area contributed by atoms with Gasteiger partial charge in [-0.2, -0.15) is 4.98 Å². The van der Waals surface area contributed by atoms with Crippen LogP contribution in [0.2, 0.25) is 0 Å². The molecule has 0 fully saturated rings. The van der Waals surface area contributed by atoms with Crippen LogP contribution in [0.1, 0.15) is 11.5 Å². The number of furan rings is 1. The second-order valence-corrected chi connectivity index (χ2v) is 3.18. The maximum atomic E-state index is 5.43. The lowest BCUT2D eigenvalue weighted by molar-refractivity contribution is 0.260. The number of aromatic nitrogens is 2. The van der Waals surface area contributed by atoms with Gasteiger partial charge >= 0.3 is 0 Å². The molecule has 0 aliphatic carbocycles. The van der Waals surface area contributed by atoms with Crippen LogP contribution in [0.4, 0.5) is 5.95 Å². The van der Waals surface area contributed by atoms with Crippen LogP contribution >= 0.6 is 0 Å². The average Bonchev–Trinajstić information content (AvgIpc) is 2.78. The topological polar surface area (TPSA) is 86.2 Å². The molecule has 0 unspecified atom stereocenters. The fraction of sp³-hybridized carbons (Fsp3) is 0.200. The average molecular weight is 220 g/mol. The minimum atomic E-state index is 0.327. The standard InChI is InChI=1S/C10H12N4O2/c1-7-5-9(13-10(12-7)14-11)16-6-8-3-2-4-15-8/h2-5H,6,11H2,1H3,(H,12,13,14). The molecule has 0 radical (unpaired) electrons. The van der Waals surface area contributed by atoms with E-state index in [1.807, 2.05) is 13.0 Å². The van der Waals surface area contributed by atoms with Gasteiger partial charge in [0.15, 0.2) is 0 Å². The minimum absolute atomic E-state index is 0.327. The van der Waals surface area contributed by atoms with Gasteiger partial charge in [-0.1, -0.05) is 0 Å². The summed E-state index contributed by atoms with van der Waals surface area (Å²) in [5, 5.41) is 0. The Morgan fingerprint density at radius 2 is 2.38 bits per heavy atom. The summed E-state index contributed by atoms with van der Waals surface area (Å²) in [7, 11) is 0. The SMILES string of the molecule is Cc1cc(OCc2ccco2)nc(NN)n1. The molecule has 2 aromatic heterocycles. The van der Waals surface area contributed by atoms with Crippen molar-refractivity contribution in [2.45, 2.75) is 13.5 Å². The van der Waals surface area contributed by atoms with E-state index < -0.39 is 0 Å². The lowest BCUT2D eigenvalue weighted by Crippen LogP contribution is -2.11. The molecule has 16 heavy (non-hydrogen) atoms. The monoisotopic (exact) mass is 220 g/mol. The number of hydrogen-bond donors (Lipinski definition) is 2. The van der Waals surface area contributed by atoms with Gasteiger partial charge in [-0.3, -0.25) is 5.43 Å². The normalized spacial score (nSPS) is 10.1. The molecule has 6 heteroatoms. The van der Waals surface area contributed by atoms with Crippen LogP contribution in [-0.2, 0) is 6.61 Å². The molecular weight excluding hydrogens is 208 g/mol. The van der Waals surface area contributed by atoms with Crippen molar-refractivity contribution in [3.05, 3.63) is 35.9 Å². The fourth-order valence-corrected chi connectivity index (χ4v) is 1.22. The van der Waals surface area contributed by atoms with Crippen LogP contribution in [0.3, 0.4) is 0 Å². The second kappa shape index (κ2) is 4.63. The third-order valence-corrected chi connectivity index (χ3v) is 1.90. The van der Waals surface area contributed by atoms with Crippen LogP contribution in [0.15, 0.2) is 28.9 Å². The molecule has 0 aliphatic rings. The van der Waals surface area contributed by atoms with Crippen LogP contribution < -0.4 is 16.0 Å². The highest BCUT2D eigenvalue weighted by molar-refractivity contribution is 5.28. The number of ether oxygens (including phenoxy) is 1. The molecule has 2 heterocycles. The first kappa shape index (κ1) is 10.4. The third kappa shape index (κ3) is 2.48. The summed E-state index contributed by atoms with van der Waals surface area (Å²) in [6, 6.07) is 5.36. The fourth-order valence-electron chi connectivity index (χ4n) is 1.22. The number of nitrogens with one attached hydrogen (secondary N) is 1. The predicted molar refractivity (Wildman–Crippen MR) is 57.6 cm³/mol. The Kier molecular flexibility index (Phi) is 3.02. The molecule has 0 amide bonds. The van der Waals surface area contributed by atoms with Crippen LogP contribution in [0.25, 0.3) is 0 Å². The molecular formula is C10H12N4O2. The minimum Gasteiger partial charge on any atom is -0.469 e. The van der Waals surface area contributed by atoms with Crippen molar-refractivity contribution < 1.29 is 9.15 Å². The lowest BCUT2D eigenvalue weighted by Gasteiger charge is -2.05. The number of anilines is 1. The van der Waals surface area contributed by atoms with E-state index >= 15 is 0 Å². The zero-order valence-electron chi connectivity index (χ0n) is 8.80. The van der Waals surface area contributed by atoms with Gasteiger partial charge in [0.2, 0.25) is 11.8 Å². The Bertz CT molecular complexity index is 456. The second-order valence-electron chi connectivity index (χ2n) is 3.18. The molecule has 0 bridgehead atoms. The molecule has 6 nitrogen and oxygen atoms in total. The first-order valence-corrected chi connectivity index (χ1v) is 4.75. The van der Waals surface area contributed by atoms with Crippen LogP contribution in [0, 0.1) is 6.92 Å². The van der Waals surface area contributed by atoms with Crippen molar-refractivity contribution in [3.63, 3.8) is 0 Å². The quantitative estimate of drug-likeness (QED) is 0.595. The molecule has 0 saturated carbocycles. The predicted octanol–water partition coefficient (Wildman–Crippen LogP) is 1.24. The summed E-state index contributed by atoms with van der Waals surface area (Å²) in [5.74, 6) is 6.75. The zero-order valence-corrected chi connectivity index (χ0v) is 8.80. The first-order valence-electron chi connectivity index (χ1n) is 4.75. The number of aryl methyl sites for hydroxylation is 1. The van der Waals surface area contributed by atoms with Crippen molar-refractivity contribution in [3.8, 4) is 5.88 Å². The smallest absolute Gasteiger partial charge is 0.240 e. The highest BCUT2D eigenvalue weighted by Gasteiger charge is 2.03. The van der Waals surface area contributed by atoms with Crippen LogP contribution in [-0.4, -0.2) is 9.97 Å². The number of hydrazine groups is 1. The van der Waals surface area contributed by atoms with Gasteiger partial charge in [-0.25, -0.2) is 10.8 Å². The Labute approximate surface area is 92.4 Å². The Balaban J connectivity index is 2.06. The van der Waals surface area contributed by atoms with E-state index in [2.05, 4.69) is 15.4 Å². The van der Waals surface area contributed by atoms with E-state index in [1.54, 1.807) is 18.4 Å². The molecule has 0 aromatic carbocycles. The number of rotatable bonds is 4. The van der Waals surface area contributed by atoms with Gasteiger partial charge in [0.25, 0.3) is 0 Å². The summed E-state index contributed by atoms with van der Waals surface area (Å²) in [6.07, 6.45) is 1.59. The highest BCUT2D eigenvalue weighted by atomic mass is 16.5. The van der Waals surface area contributed by atoms with E-state index in [0.717, 1.165) is 11.5 Å². The number of hydrogen-bond acceptors (Lipinski definition) is 6. The highest BCUT2D eigenvalue weighted by Crippen LogP contribution is 2.13. The Morgan fingerprint density at radius 1 is 1.50 bits per heavy atom. The molecule has 3 N–H and O–H groups in total. The largest absolute Gasteiger partial charge is 0.469 e. The van der Waals surface area contributed by atoms with E-state index in [4.69, 9.17) is 15.0 Å². The van der Waals surface area contributed by atoms with E-state index in [1.165, 1.54) is 0 Å². The van der Waals surface area contributed by atoms with Gasteiger partial charge in [0.05, 0.1) is 6.26 Å². The molecule has 0 saturated heterocycles. The van der Waals surface area contributed by atoms with E-state index in [-0.39, 0.29) is 0 Å². The van der Waals surface area contributed by atoms with Crippen molar-refractivity contribution in [2.75, 3.05) is 5.43 Å². The maximum absolute atomic E-state index is 5.43. The first-order chi connectivity index (χ1) is 7.78. The zero-order chi connectivity index (χ0) is 11.4. The summed E-state index contributed by atoms with van der Waals surface area (Å²) < 4.78 is 10.6.